The van der Waals surface area contributed by atoms with E-state index in [4.69, 9.17) is 13.3 Å². The monoisotopic (exact) mass is 296 g/mol. The Morgan fingerprint density at radius 3 is 1.47 bits per heavy atom. The summed E-state index contributed by atoms with van der Waals surface area (Å²) in [7, 11) is -3.33. The smallest absolute Gasteiger partial charge is 0.277 e. The van der Waals surface area contributed by atoms with Gasteiger partial charge in [-0.15, -0.1) is 0 Å². The summed E-state index contributed by atoms with van der Waals surface area (Å²) in [5.74, 6) is 1.37. The van der Waals surface area contributed by atoms with Crippen molar-refractivity contribution in [3.8, 4) is 11.9 Å². The van der Waals surface area contributed by atoms with Gasteiger partial charge in [-0.2, -0.15) is 0 Å². The van der Waals surface area contributed by atoms with Crippen molar-refractivity contribution in [3.05, 3.63) is 23.3 Å². The Balaban J connectivity index is 2.36. The molecule has 0 unspecified atom stereocenters. The van der Waals surface area contributed by atoms with E-state index in [0.29, 0.717) is 11.9 Å². The Kier molecular flexibility index (Phi) is 3.70. The molecule has 0 N–H and O–H groups in total. The van der Waals surface area contributed by atoms with Crippen LogP contribution in [0.25, 0.3) is 0 Å². The van der Waals surface area contributed by atoms with Gasteiger partial charge in [-0.05, 0) is 52.1 Å². The molecular formula is C14H24O3Si2. The third-order valence-corrected chi connectivity index (χ3v) is 4.25. The van der Waals surface area contributed by atoms with Crippen molar-refractivity contribution in [2.75, 3.05) is 0 Å². The Morgan fingerprint density at radius 2 is 1.16 bits per heavy atom. The van der Waals surface area contributed by atoms with Gasteiger partial charge in [0.2, 0.25) is 16.6 Å². The van der Waals surface area contributed by atoms with Gasteiger partial charge in [-0.25, -0.2) is 0 Å². The molecule has 0 atom stereocenters. The van der Waals surface area contributed by atoms with E-state index in [1.165, 1.54) is 11.1 Å². The van der Waals surface area contributed by atoms with Gasteiger partial charge in [-0.3, -0.25) is 0 Å². The van der Waals surface area contributed by atoms with Crippen molar-refractivity contribution in [1.29, 1.82) is 0 Å². The Hall–Kier alpha value is -0.946. The SMILES string of the molecule is C[Si](C)(C)Oc1oc(O[Si](C)(C)C)c2c1CC=CC2. The van der Waals surface area contributed by atoms with E-state index < -0.39 is 16.6 Å². The van der Waals surface area contributed by atoms with Crippen molar-refractivity contribution in [2.45, 2.75) is 52.1 Å². The molecule has 1 aliphatic carbocycles. The predicted molar refractivity (Wildman–Crippen MR) is 83.2 cm³/mol. The summed E-state index contributed by atoms with van der Waals surface area (Å²) in [6.45, 7) is 13.0. The van der Waals surface area contributed by atoms with E-state index in [1.807, 2.05) is 0 Å². The zero-order chi connectivity index (χ0) is 14.3. The standard InChI is InChI=1S/C14H24O3Si2/c1-18(2,3)16-13-11-9-7-8-10-12(11)14(15-13)17-19(4,5)6/h7-8H,9-10H2,1-6H3. The summed E-state index contributed by atoms with van der Waals surface area (Å²) in [6, 6.07) is 0. The average molecular weight is 297 g/mol. The molecule has 19 heavy (non-hydrogen) atoms. The summed E-state index contributed by atoms with van der Waals surface area (Å²) in [6.07, 6.45) is 6.11. The number of rotatable bonds is 4. The average Bonchev–Trinajstić information content (AvgIpc) is 2.53. The highest BCUT2D eigenvalue weighted by atomic mass is 28.4. The van der Waals surface area contributed by atoms with Gasteiger partial charge in [0.1, 0.15) is 0 Å². The highest BCUT2D eigenvalue weighted by molar-refractivity contribution is 6.70. The van der Waals surface area contributed by atoms with Crippen LogP contribution in [-0.2, 0) is 12.8 Å². The summed E-state index contributed by atoms with van der Waals surface area (Å²) < 4.78 is 18.0. The molecular weight excluding hydrogens is 272 g/mol. The largest absolute Gasteiger partial charge is 0.519 e. The molecule has 0 saturated heterocycles. The third-order valence-electron chi connectivity index (χ3n) is 2.65. The highest BCUT2D eigenvalue weighted by Crippen LogP contribution is 2.40. The number of fused-ring (bicyclic) bond motifs is 1. The molecule has 0 aromatic carbocycles. The van der Waals surface area contributed by atoms with Crippen molar-refractivity contribution in [2.24, 2.45) is 0 Å². The highest BCUT2D eigenvalue weighted by Gasteiger charge is 2.29. The maximum absolute atomic E-state index is 6.07. The molecule has 0 spiro atoms. The predicted octanol–water partition coefficient (Wildman–Crippen LogP) is 4.36. The second-order valence-electron chi connectivity index (χ2n) is 6.94. The van der Waals surface area contributed by atoms with Gasteiger partial charge < -0.3 is 13.3 Å². The first kappa shape index (κ1) is 14.5. The molecule has 3 nitrogen and oxygen atoms in total. The maximum Gasteiger partial charge on any atom is 0.277 e. The van der Waals surface area contributed by atoms with Gasteiger partial charge in [0.15, 0.2) is 0 Å². The van der Waals surface area contributed by atoms with Crippen LogP contribution in [0.15, 0.2) is 16.6 Å². The van der Waals surface area contributed by atoms with Crippen LogP contribution in [-0.4, -0.2) is 16.6 Å². The van der Waals surface area contributed by atoms with Gasteiger partial charge in [0.25, 0.3) is 11.9 Å². The molecule has 0 saturated carbocycles. The number of allylic oxidation sites excluding steroid dienone is 2. The molecule has 5 heteroatoms. The Labute approximate surface area is 117 Å². The minimum atomic E-state index is -1.66. The van der Waals surface area contributed by atoms with Crippen molar-refractivity contribution >= 4 is 16.6 Å². The zero-order valence-electron chi connectivity index (χ0n) is 12.8. The van der Waals surface area contributed by atoms with Crippen LogP contribution in [0.1, 0.15) is 11.1 Å². The van der Waals surface area contributed by atoms with Crippen LogP contribution in [0.4, 0.5) is 0 Å². The quantitative estimate of drug-likeness (QED) is 0.611. The molecule has 1 aromatic rings. The van der Waals surface area contributed by atoms with E-state index in [9.17, 15) is 0 Å². The topological polar surface area (TPSA) is 31.6 Å². The second kappa shape index (κ2) is 4.87. The molecule has 106 valence electrons. The van der Waals surface area contributed by atoms with E-state index in [2.05, 4.69) is 51.4 Å². The lowest BCUT2D eigenvalue weighted by Crippen LogP contribution is -2.29. The molecule has 0 bridgehead atoms. The fourth-order valence-corrected chi connectivity index (χ4v) is 3.43. The molecule has 1 aromatic heterocycles. The minimum Gasteiger partial charge on any atom is -0.519 e. The van der Waals surface area contributed by atoms with Crippen LogP contribution in [0.3, 0.4) is 0 Å². The summed E-state index contributed by atoms with van der Waals surface area (Å²) in [5.41, 5.74) is 2.36. The summed E-state index contributed by atoms with van der Waals surface area (Å²) in [5, 5.41) is 0. The van der Waals surface area contributed by atoms with E-state index >= 15 is 0 Å². The summed E-state index contributed by atoms with van der Waals surface area (Å²) >= 11 is 0. The molecule has 1 aliphatic rings. The number of furan rings is 1. The van der Waals surface area contributed by atoms with Crippen LogP contribution < -0.4 is 8.85 Å². The fraction of sp³-hybridized carbons (Fsp3) is 0.571. The van der Waals surface area contributed by atoms with Crippen molar-refractivity contribution in [1.82, 2.24) is 0 Å². The Morgan fingerprint density at radius 1 is 0.789 bits per heavy atom. The molecule has 2 rings (SSSR count). The first-order chi connectivity index (χ1) is 8.66. The van der Waals surface area contributed by atoms with E-state index in [-0.39, 0.29) is 0 Å². The van der Waals surface area contributed by atoms with E-state index in [1.54, 1.807) is 0 Å². The molecule has 0 radical (unpaired) electrons. The molecule has 0 fully saturated rings. The number of hydrogen-bond donors (Lipinski definition) is 0. The van der Waals surface area contributed by atoms with Crippen LogP contribution in [0.2, 0.25) is 39.3 Å². The van der Waals surface area contributed by atoms with Gasteiger partial charge in [0, 0.05) is 11.1 Å². The number of hydrogen-bond acceptors (Lipinski definition) is 3. The zero-order valence-corrected chi connectivity index (χ0v) is 14.8. The van der Waals surface area contributed by atoms with Gasteiger partial charge in [0.05, 0.1) is 0 Å². The van der Waals surface area contributed by atoms with Crippen molar-refractivity contribution in [3.63, 3.8) is 0 Å². The van der Waals surface area contributed by atoms with Crippen molar-refractivity contribution < 1.29 is 13.3 Å². The van der Waals surface area contributed by atoms with E-state index in [0.717, 1.165) is 12.8 Å². The van der Waals surface area contributed by atoms with Gasteiger partial charge >= 0.3 is 0 Å². The minimum absolute atomic E-state index is 0.687. The molecule has 0 amide bonds. The normalized spacial score (nSPS) is 15.3. The van der Waals surface area contributed by atoms with Crippen LogP contribution in [0.5, 0.6) is 11.9 Å². The molecule has 1 heterocycles. The molecule has 0 aliphatic heterocycles. The summed E-state index contributed by atoms with van der Waals surface area (Å²) in [4.78, 5) is 0. The first-order valence-corrected chi connectivity index (χ1v) is 13.6. The maximum atomic E-state index is 6.07. The van der Waals surface area contributed by atoms with Gasteiger partial charge in [-0.1, -0.05) is 12.2 Å². The lowest BCUT2D eigenvalue weighted by Gasteiger charge is -2.18. The fourth-order valence-electron chi connectivity index (χ4n) is 1.99. The van der Waals surface area contributed by atoms with Crippen LogP contribution in [0, 0.1) is 0 Å². The van der Waals surface area contributed by atoms with Crippen LogP contribution >= 0.6 is 0 Å². The first-order valence-electron chi connectivity index (χ1n) is 6.83. The lowest BCUT2D eigenvalue weighted by molar-refractivity contribution is 0.318. The third kappa shape index (κ3) is 3.76. The lowest BCUT2D eigenvalue weighted by atomic mass is 10.0. The second-order valence-corrected chi connectivity index (χ2v) is 15.8. The Bertz CT molecular complexity index is 448.